The minimum absolute atomic E-state index is 0.191. The molecule has 8 nitrogen and oxygen atoms in total. The summed E-state index contributed by atoms with van der Waals surface area (Å²) in [5.74, 6) is -1.54. The highest BCUT2D eigenvalue weighted by molar-refractivity contribution is 6.35. The Bertz CT molecular complexity index is 1930. The molecule has 0 unspecified atom stereocenters. The number of rotatable bonds is 8. The largest absolute Gasteiger partial charge is 0.441 e. The van der Waals surface area contributed by atoms with Crippen LogP contribution in [0.2, 0.25) is 15.1 Å². The molecule has 0 aliphatic heterocycles. The summed E-state index contributed by atoms with van der Waals surface area (Å²) in [4.78, 5) is 23.7. The van der Waals surface area contributed by atoms with Crippen molar-refractivity contribution in [2.75, 3.05) is 0 Å². The van der Waals surface area contributed by atoms with Gasteiger partial charge in [-0.3, -0.25) is 18.2 Å². The summed E-state index contributed by atoms with van der Waals surface area (Å²) in [5, 5.41) is 8.80. The Hall–Kier alpha value is -4.58. The van der Waals surface area contributed by atoms with E-state index in [4.69, 9.17) is 43.8 Å². The van der Waals surface area contributed by atoms with E-state index in [0.29, 0.717) is 33.7 Å². The molecule has 0 N–H and O–H groups in total. The zero-order valence-electron chi connectivity index (χ0n) is 23.6. The van der Waals surface area contributed by atoms with Crippen LogP contribution in [0.4, 0.5) is 13.2 Å². The maximum absolute atomic E-state index is 13.1. The number of nitrogens with zero attached hydrogens (tertiary/aromatic N) is 4. The summed E-state index contributed by atoms with van der Waals surface area (Å²) < 4.78 is 51.1. The fourth-order valence-corrected chi connectivity index (χ4v) is 5.08. The summed E-state index contributed by atoms with van der Waals surface area (Å²) in [6.07, 6.45) is 0.537. The maximum Gasteiger partial charge on any atom is 0.441 e. The van der Waals surface area contributed by atoms with Gasteiger partial charge in [-0.25, -0.2) is 22.8 Å². The van der Waals surface area contributed by atoms with Crippen molar-refractivity contribution in [3.63, 3.8) is 0 Å². The van der Waals surface area contributed by atoms with E-state index in [9.17, 15) is 22.8 Å². The molecule has 0 aliphatic rings. The van der Waals surface area contributed by atoms with Crippen LogP contribution in [-0.2, 0) is 25.9 Å². The monoisotopic (exact) mass is 688 g/mol. The van der Waals surface area contributed by atoms with Crippen molar-refractivity contribution < 1.29 is 22.2 Å². The Kier molecular flexibility index (Phi) is 10.5. The van der Waals surface area contributed by atoms with Gasteiger partial charge in [0.2, 0.25) is 0 Å². The van der Waals surface area contributed by atoms with Crippen molar-refractivity contribution in [2.24, 2.45) is 0 Å². The second-order valence-corrected chi connectivity index (χ2v) is 11.2. The van der Waals surface area contributed by atoms with Crippen LogP contribution in [0, 0.1) is 17.5 Å². The van der Waals surface area contributed by atoms with E-state index in [1.54, 1.807) is 42.5 Å². The summed E-state index contributed by atoms with van der Waals surface area (Å²) in [7, 11) is 0. The van der Waals surface area contributed by atoms with Gasteiger partial charge < -0.3 is 0 Å². The average Bonchev–Trinajstić information content (AvgIpc) is 3.54. The van der Waals surface area contributed by atoms with Gasteiger partial charge in [-0.15, -0.1) is 0 Å². The molecule has 14 heteroatoms. The first-order valence-corrected chi connectivity index (χ1v) is 14.7. The van der Waals surface area contributed by atoms with Crippen molar-refractivity contribution in [1.82, 2.24) is 19.4 Å². The molecule has 0 amide bonds. The van der Waals surface area contributed by atoms with Crippen molar-refractivity contribution in [2.45, 2.75) is 25.9 Å². The van der Waals surface area contributed by atoms with E-state index in [0.717, 1.165) is 16.7 Å². The quantitative estimate of drug-likeness (QED) is 0.166. The van der Waals surface area contributed by atoms with E-state index in [1.165, 1.54) is 51.6 Å². The molecule has 0 aliphatic carbocycles. The van der Waals surface area contributed by atoms with Crippen molar-refractivity contribution in [1.29, 1.82) is 0 Å². The van der Waals surface area contributed by atoms with Crippen LogP contribution < -0.4 is 11.5 Å². The maximum atomic E-state index is 13.1. The van der Waals surface area contributed by atoms with Crippen LogP contribution in [-0.4, -0.2) is 19.4 Å². The van der Waals surface area contributed by atoms with Gasteiger partial charge in [-0.05, 0) is 70.8 Å². The number of hydrogen-bond donors (Lipinski definition) is 0. The Balaban J connectivity index is 0.000000181. The van der Waals surface area contributed by atoms with Gasteiger partial charge in [0.1, 0.15) is 17.5 Å². The molecule has 0 spiro atoms. The molecule has 6 rings (SSSR count). The molecule has 0 bridgehead atoms. The third kappa shape index (κ3) is 8.36. The number of aromatic nitrogens is 4. The highest BCUT2D eigenvalue weighted by Crippen LogP contribution is 2.23. The fraction of sp³-hybridized carbons (Fsp3) is 0.125. The summed E-state index contributed by atoms with van der Waals surface area (Å²) in [5.41, 5.74) is 2.88. The predicted molar refractivity (Wildman–Crippen MR) is 166 cm³/mol. The highest BCUT2D eigenvalue weighted by Gasteiger charge is 2.15. The first-order valence-electron chi connectivity index (χ1n) is 13.5. The molecular formula is C32H22Cl3F3N4O4. The van der Waals surface area contributed by atoms with Crippen LogP contribution in [0.3, 0.4) is 0 Å². The lowest BCUT2D eigenvalue weighted by Gasteiger charge is -2.06. The molecular weight excluding hydrogens is 668 g/mol. The van der Waals surface area contributed by atoms with E-state index in [-0.39, 0.29) is 36.2 Å². The Morgan fingerprint density at radius 3 is 1.41 bits per heavy atom. The first kappa shape index (κ1) is 32.8. The smallest absolute Gasteiger partial charge is 0.296 e. The topological polar surface area (TPSA) is 96.1 Å². The van der Waals surface area contributed by atoms with Crippen LogP contribution in [0.25, 0.3) is 0 Å². The molecule has 236 valence electrons. The Morgan fingerprint density at radius 2 is 0.978 bits per heavy atom. The lowest BCUT2D eigenvalue weighted by atomic mass is 10.1. The molecule has 2 heterocycles. The van der Waals surface area contributed by atoms with Crippen LogP contribution in [0.1, 0.15) is 33.9 Å². The van der Waals surface area contributed by atoms with Crippen LogP contribution >= 0.6 is 34.8 Å². The molecule has 4 aromatic carbocycles. The van der Waals surface area contributed by atoms with Crippen molar-refractivity contribution in [3.05, 3.63) is 172 Å². The fourth-order valence-electron chi connectivity index (χ4n) is 4.37. The number of benzene rings is 4. The second kappa shape index (κ2) is 14.7. The van der Waals surface area contributed by atoms with E-state index >= 15 is 0 Å². The number of halogens is 6. The van der Waals surface area contributed by atoms with Crippen LogP contribution in [0.15, 0.2) is 104 Å². The minimum atomic E-state index is -0.623. The molecule has 6 aromatic rings. The summed E-state index contributed by atoms with van der Waals surface area (Å²) in [6.45, 7) is 0.430. The third-order valence-corrected chi connectivity index (χ3v) is 7.70. The number of hydrogen-bond acceptors (Lipinski definition) is 6. The Morgan fingerprint density at radius 1 is 0.565 bits per heavy atom. The normalized spacial score (nSPS) is 10.9. The predicted octanol–water partition coefficient (Wildman–Crippen LogP) is 7.33. The molecule has 2 aromatic heterocycles. The van der Waals surface area contributed by atoms with Gasteiger partial charge in [-0.2, -0.15) is 0 Å². The standard InChI is InChI=1S/C16H11Cl2FN2O2.C16H11ClF2N2O2/c17-12-4-3-11(14(18)8-12)7-15-20-23-16(22)21(15)9-10-1-5-13(19)6-2-10;17-14-8-13(19)6-3-11(14)7-15-20-23-16(22)21(15)9-10-1-4-12(18)5-2-10/h2*1-6,8H,7,9H2. The minimum Gasteiger partial charge on any atom is -0.296 e. The first-order chi connectivity index (χ1) is 22.0. The second-order valence-electron chi connectivity index (χ2n) is 9.98. The van der Waals surface area contributed by atoms with Gasteiger partial charge in [-0.1, -0.05) is 81.5 Å². The third-order valence-electron chi connectivity index (χ3n) is 6.76. The lowest BCUT2D eigenvalue weighted by molar-refractivity contribution is 0.375. The molecule has 0 saturated carbocycles. The van der Waals surface area contributed by atoms with Gasteiger partial charge in [0.25, 0.3) is 0 Å². The van der Waals surface area contributed by atoms with Gasteiger partial charge in [0, 0.05) is 27.9 Å². The average molecular weight is 690 g/mol. The molecule has 0 atom stereocenters. The Labute approximate surface area is 274 Å². The summed E-state index contributed by atoms with van der Waals surface area (Å²) >= 11 is 18.0. The van der Waals surface area contributed by atoms with Gasteiger partial charge in [0.15, 0.2) is 11.6 Å². The molecule has 0 saturated heterocycles. The molecule has 0 fully saturated rings. The molecule has 0 radical (unpaired) electrons. The zero-order chi connectivity index (χ0) is 32.8. The van der Waals surface area contributed by atoms with Gasteiger partial charge in [0.05, 0.1) is 13.1 Å². The zero-order valence-corrected chi connectivity index (χ0v) is 25.9. The van der Waals surface area contributed by atoms with E-state index < -0.39 is 17.3 Å². The van der Waals surface area contributed by atoms with E-state index in [1.807, 2.05) is 0 Å². The SMILES string of the molecule is O=c1onc(Cc2ccc(Cl)cc2Cl)n1Cc1ccc(F)cc1.O=c1onc(Cc2ccc(F)cc2Cl)n1Cc1ccc(F)cc1. The van der Waals surface area contributed by atoms with E-state index in [2.05, 4.69) is 10.3 Å². The van der Waals surface area contributed by atoms with Crippen LogP contribution in [0.5, 0.6) is 0 Å². The lowest BCUT2D eigenvalue weighted by Crippen LogP contribution is -2.18. The summed E-state index contributed by atoms with van der Waals surface area (Å²) in [6, 6.07) is 20.8. The van der Waals surface area contributed by atoms with Crippen molar-refractivity contribution in [3.8, 4) is 0 Å². The molecule has 46 heavy (non-hydrogen) atoms. The van der Waals surface area contributed by atoms with Gasteiger partial charge >= 0.3 is 11.5 Å². The highest BCUT2D eigenvalue weighted by atomic mass is 35.5. The van der Waals surface area contributed by atoms with Crippen molar-refractivity contribution >= 4 is 34.8 Å².